The first-order valence-corrected chi connectivity index (χ1v) is 7.05. The number of aliphatic hydroxyl groups excluding tert-OH is 1. The van der Waals surface area contributed by atoms with Gasteiger partial charge in [-0.3, -0.25) is 0 Å². The molecule has 0 aromatic rings. The predicted molar refractivity (Wildman–Crippen MR) is 69.5 cm³/mol. The van der Waals surface area contributed by atoms with Gasteiger partial charge in [0.15, 0.2) is 0 Å². The molecule has 2 unspecified atom stereocenters. The van der Waals surface area contributed by atoms with E-state index < -0.39 is 0 Å². The molecule has 1 fully saturated rings. The van der Waals surface area contributed by atoms with E-state index in [4.69, 9.17) is 0 Å². The highest BCUT2D eigenvalue weighted by atomic mass is 16.3. The molecule has 2 atom stereocenters. The van der Waals surface area contributed by atoms with Crippen LogP contribution in [-0.4, -0.2) is 24.3 Å². The van der Waals surface area contributed by atoms with Gasteiger partial charge in [0.25, 0.3) is 0 Å². The van der Waals surface area contributed by atoms with Crippen LogP contribution in [0.5, 0.6) is 0 Å². The van der Waals surface area contributed by atoms with Crippen molar-refractivity contribution < 1.29 is 5.11 Å². The number of rotatable bonds is 7. The molecule has 2 nitrogen and oxygen atoms in total. The second-order valence-electron chi connectivity index (χ2n) is 5.45. The maximum absolute atomic E-state index is 9.53. The Morgan fingerprint density at radius 1 is 1.19 bits per heavy atom. The molecule has 1 aliphatic carbocycles. The van der Waals surface area contributed by atoms with Crippen LogP contribution >= 0.6 is 0 Å². The number of hydrogen-bond acceptors (Lipinski definition) is 2. The van der Waals surface area contributed by atoms with Crippen molar-refractivity contribution in [3.05, 3.63) is 0 Å². The van der Waals surface area contributed by atoms with Gasteiger partial charge in [-0.1, -0.05) is 33.6 Å². The Morgan fingerprint density at radius 2 is 1.88 bits per heavy atom. The van der Waals surface area contributed by atoms with Crippen LogP contribution in [0, 0.1) is 11.3 Å². The minimum absolute atomic E-state index is 0.112. The zero-order valence-corrected chi connectivity index (χ0v) is 11.3. The van der Waals surface area contributed by atoms with Crippen molar-refractivity contribution in [2.24, 2.45) is 11.3 Å². The third-order valence-corrected chi connectivity index (χ3v) is 4.76. The van der Waals surface area contributed by atoms with Crippen LogP contribution in [0.4, 0.5) is 0 Å². The highest BCUT2D eigenvalue weighted by molar-refractivity contribution is 4.86. The molecule has 0 amide bonds. The Hall–Kier alpha value is -0.0800. The normalized spacial score (nSPS) is 26.2. The fourth-order valence-corrected chi connectivity index (χ4v) is 2.92. The molecule has 2 heteroatoms. The monoisotopic (exact) mass is 227 g/mol. The lowest BCUT2D eigenvalue weighted by Crippen LogP contribution is -2.42. The topological polar surface area (TPSA) is 32.3 Å². The van der Waals surface area contributed by atoms with Crippen LogP contribution in [0.25, 0.3) is 0 Å². The van der Waals surface area contributed by atoms with Crippen molar-refractivity contribution in [3.8, 4) is 0 Å². The molecule has 0 heterocycles. The van der Waals surface area contributed by atoms with Crippen molar-refractivity contribution in [1.82, 2.24) is 5.32 Å². The van der Waals surface area contributed by atoms with E-state index in [9.17, 15) is 5.11 Å². The number of nitrogens with one attached hydrogen (secondary N) is 1. The van der Waals surface area contributed by atoms with Crippen LogP contribution in [0.3, 0.4) is 0 Å². The average molecular weight is 227 g/mol. The molecule has 1 saturated carbocycles. The molecular weight excluding hydrogens is 198 g/mol. The molecule has 0 aromatic carbocycles. The largest absolute Gasteiger partial charge is 0.396 e. The van der Waals surface area contributed by atoms with Crippen LogP contribution in [0.15, 0.2) is 0 Å². The van der Waals surface area contributed by atoms with Crippen molar-refractivity contribution >= 4 is 0 Å². The smallest absolute Gasteiger partial charge is 0.0499 e. The zero-order chi connectivity index (χ0) is 12.0. The summed E-state index contributed by atoms with van der Waals surface area (Å²) in [6.07, 6.45) is 7.52. The van der Waals surface area contributed by atoms with Crippen molar-refractivity contribution in [1.29, 1.82) is 0 Å². The lowest BCUT2D eigenvalue weighted by molar-refractivity contribution is 0.107. The molecule has 0 aromatic heterocycles. The lowest BCUT2D eigenvalue weighted by Gasteiger charge is -2.32. The highest BCUT2D eigenvalue weighted by Gasteiger charge is 2.30. The van der Waals surface area contributed by atoms with E-state index in [2.05, 4.69) is 26.1 Å². The Morgan fingerprint density at radius 3 is 2.38 bits per heavy atom. The van der Waals surface area contributed by atoms with Gasteiger partial charge in [-0.15, -0.1) is 0 Å². The van der Waals surface area contributed by atoms with Gasteiger partial charge in [0.05, 0.1) is 0 Å². The third-order valence-electron chi connectivity index (χ3n) is 4.76. The summed E-state index contributed by atoms with van der Waals surface area (Å²) in [7, 11) is 0. The molecule has 0 saturated heterocycles. The van der Waals surface area contributed by atoms with Gasteiger partial charge in [0, 0.05) is 24.6 Å². The molecule has 0 spiro atoms. The summed E-state index contributed by atoms with van der Waals surface area (Å²) in [4.78, 5) is 0. The van der Waals surface area contributed by atoms with Crippen molar-refractivity contribution in [2.45, 2.75) is 65.3 Å². The maximum atomic E-state index is 9.53. The van der Waals surface area contributed by atoms with Gasteiger partial charge < -0.3 is 10.4 Å². The Kier molecular flexibility index (Phi) is 5.77. The molecule has 16 heavy (non-hydrogen) atoms. The first-order valence-electron chi connectivity index (χ1n) is 7.05. The Labute approximate surface area is 101 Å². The van der Waals surface area contributed by atoms with E-state index in [0.29, 0.717) is 12.6 Å². The minimum Gasteiger partial charge on any atom is -0.396 e. The highest BCUT2D eigenvalue weighted by Crippen LogP contribution is 2.30. The quantitative estimate of drug-likeness (QED) is 0.701. The first kappa shape index (κ1) is 14.0. The standard InChI is InChI=1S/C14H29NO/c1-4-12-8-7-9-13(12)15-10-14(5-2,6-3)11-16/h12-13,15-16H,4-11H2,1-3H3. The fourth-order valence-electron chi connectivity index (χ4n) is 2.92. The van der Waals surface area contributed by atoms with Crippen molar-refractivity contribution in [3.63, 3.8) is 0 Å². The molecule has 0 bridgehead atoms. The van der Waals surface area contributed by atoms with E-state index in [-0.39, 0.29) is 5.41 Å². The van der Waals surface area contributed by atoms with Gasteiger partial charge >= 0.3 is 0 Å². The van der Waals surface area contributed by atoms with Crippen LogP contribution in [0.2, 0.25) is 0 Å². The summed E-state index contributed by atoms with van der Waals surface area (Å²) < 4.78 is 0. The summed E-state index contributed by atoms with van der Waals surface area (Å²) in [5, 5.41) is 13.2. The van der Waals surface area contributed by atoms with E-state index >= 15 is 0 Å². The second-order valence-corrected chi connectivity index (χ2v) is 5.45. The first-order chi connectivity index (χ1) is 7.71. The van der Waals surface area contributed by atoms with Gasteiger partial charge in [-0.2, -0.15) is 0 Å². The van der Waals surface area contributed by atoms with E-state index in [1.807, 2.05) is 0 Å². The third kappa shape index (κ3) is 3.21. The zero-order valence-electron chi connectivity index (χ0n) is 11.3. The molecule has 0 aliphatic heterocycles. The van der Waals surface area contributed by atoms with E-state index in [1.54, 1.807) is 0 Å². The predicted octanol–water partition coefficient (Wildman–Crippen LogP) is 2.95. The average Bonchev–Trinajstić information content (AvgIpc) is 2.79. The number of aliphatic hydroxyl groups is 1. The molecule has 1 rings (SSSR count). The van der Waals surface area contributed by atoms with Crippen molar-refractivity contribution in [2.75, 3.05) is 13.2 Å². The molecule has 0 radical (unpaired) electrons. The summed E-state index contributed by atoms with van der Waals surface area (Å²) in [5.74, 6) is 0.866. The molecular formula is C14H29NO. The summed E-state index contributed by atoms with van der Waals surface area (Å²) >= 11 is 0. The molecule has 1 aliphatic rings. The summed E-state index contributed by atoms with van der Waals surface area (Å²) in [6.45, 7) is 7.97. The maximum Gasteiger partial charge on any atom is 0.0499 e. The summed E-state index contributed by atoms with van der Waals surface area (Å²) in [5.41, 5.74) is 0.112. The molecule has 96 valence electrons. The SMILES string of the molecule is CCC1CCCC1NCC(CC)(CC)CO. The lowest BCUT2D eigenvalue weighted by atomic mass is 9.82. The second kappa shape index (κ2) is 6.61. The minimum atomic E-state index is 0.112. The van der Waals surface area contributed by atoms with Gasteiger partial charge in [-0.25, -0.2) is 0 Å². The molecule has 2 N–H and O–H groups in total. The van der Waals surface area contributed by atoms with Crippen LogP contribution in [-0.2, 0) is 0 Å². The van der Waals surface area contributed by atoms with Crippen LogP contribution < -0.4 is 5.32 Å². The van der Waals surface area contributed by atoms with Crippen LogP contribution in [0.1, 0.15) is 59.3 Å². The van der Waals surface area contributed by atoms with E-state index in [0.717, 1.165) is 25.3 Å². The Balaban J connectivity index is 2.42. The van der Waals surface area contributed by atoms with Gasteiger partial charge in [-0.05, 0) is 31.6 Å². The van der Waals surface area contributed by atoms with Gasteiger partial charge in [0.2, 0.25) is 0 Å². The number of hydrogen-bond donors (Lipinski definition) is 2. The van der Waals surface area contributed by atoms with Gasteiger partial charge in [0.1, 0.15) is 0 Å². The van der Waals surface area contributed by atoms with E-state index in [1.165, 1.54) is 25.7 Å². The summed E-state index contributed by atoms with van der Waals surface area (Å²) in [6, 6.07) is 0.703. The fraction of sp³-hybridized carbons (Fsp3) is 1.00. The Bertz CT molecular complexity index is 181.